The molecule has 7 heteroatoms. The molecular weight excluding hydrogens is 354 g/mol. The van der Waals surface area contributed by atoms with Crippen molar-refractivity contribution >= 4 is 11.6 Å². The van der Waals surface area contributed by atoms with Crippen LogP contribution in [0.3, 0.4) is 0 Å². The summed E-state index contributed by atoms with van der Waals surface area (Å²) in [6, 6.07) is 11.5. The van der Waals surface area contributed by atoms with Gasteiger partial charge in [-0.1, -0.05) is 23.7 Å². The van der Waals surface area contributed by atoms with Crippen molar-refractivity contribution in [3.8, 4) is 0 Å². The van der Waals surface area contributed by atoms with Gasteiger partial charge in [-0.15, -0.1) is 0 Å². The molecule has 0 radical (unpaired) electrons. The van der Waals surface area contributed by atoms with Gasteiger partial charge in [0.05, 0.1) is 17.9 Å². The monoisotopic (exact) mass is 377 g/mol. The van der Waals surface area contributed by atoms with Gasteiger partial charge in [0.1, 0.15) is 0 Å². The van der Waals surface area contributed by atoms with Gasteiger partial charge in [0.25, 0.3) is 5.91 Å². The van der Waals surface area contributed by atoms with E-state index >= 15 is 0 Å². The third kappa shape index (κ3) is 4.26. The number of hydrogen-bond acceptors (Lipinski definition) is 6. The van der Waals surface area contributed by atoms with Crippen LogP contribution in [0.4, 0.5) is 5.69 Å². The Kier molecular flexibility index (Phi) is 5.43. The third-order valence-electron chi connectivity index (χ3n) is 4.94. The lowest BCUT2D eigenvalue weighted by atomic mass is 10.0. The zero-order valence-electron chi connectivity index (χ0n) is 15.8. The Labute approximate surface area is 163 Å². The first kappa shape index (κ1) is 18.3. The first-order valence-corrected chi connectivity index (χ1v) is 9.53. The second-order valence-corrected chi connectivity index (χ2v) is 7.06. The molecule has 0 bridgehead atoms. The first-order valence-electron chi connectivity index (χ1n) is 9.53. The summed E-state index contributed by atoms with van der Waals surface area (Å²) in [5.41, 5.74) is 2.39. The molecule has 3 aromatic rings. The number of benzene rings is 1. The number of piperidine rings is 1. The van der Waals surface area contributed by atoms with E-state index in [9.17, 15) is 4.79 Å². The maximum Gasteiger partial charge on any atom is 0.255 e. The number of hydrogen-bond donors (Lipinski definition) is 1. The lowest BCUT2D eigenvalue weighted by Crippen LogP contribution is -2.33. The maximum atomic E-state index is 12.6. The van der Waals surface area contributed by atoms with Gasteiger partial charge in [0, 0.05) is 18.3 Å². The summed E-state index contributed by atoms with van der Waals surface area (Å²) < 4.78 is 5.43. The fraction of sp³-hybridized carbons (Fsp3) is 0.333. The molecule has 1 aliphatic heterocycles. The number of amides is 1. The molecule has 1 amide bonds. The van der Waals surface area contributed by atoms with Gasteiger partial charge in [0.15, 0.2) is 5.82 Å². The molecule has 0 saturated carbocycles. The zero-order valence-corrected chi connectivity index (χ0v) is 15.8. The minimum absolute atomic E-state index is 0.128. The van der Waals surface area contributed by atoms with Crippen molar-refractivity contribution in [1.82, 2.24) is 20.0 Å². The van der Waals surface area contributed by atoms with E-state index in [0.29, 0.717) is 23.0 Å². The number of carbonyl (C=O) groups is 1. The molecule has 1 N–H and O–H groups in total. The second kappa shape index (κ2) is 8.31. The number of aryl methyl sites for hydroxylation is 1. The van der Waals surface area contributed by atoms with E-state index in [2.05, 4.69) is 25.3 Å². The molecule has 1 fully saturated rings. The van der Waals surface area contributed by atoms with E-state index in [1.54, 1.807) is 18.5 Å². The van der Waals surface area contributed by atoms with Gasteiger partial charge in [-0.3, -0.25) is 14.7 Å². The molecule has 28 heavy (non-hydrogen) atoms. The van der Waals surface area contributed by atoms with Crippen molar-refractivity contribution in [1.29, 1.82) is 0 Å². The van der Waals surface area contributed by atoms with E-state index in [4.69, 9.17) is 4.52 Å². The van der Waals surface area contributed by atoms with Gasteiger partial charge >= 0.3 is 0 Å². The van der Waals surface area contributed by atoms with Crippen LogP contribution >= 0.6 is 0 Å². The van der Waals surface area contributed by atoms with Crippen LogP contribution in [0.1, 0.15) is 52.9 Å². The van der Waals surface area contributed by atoms with Gasteiger partial charge in [0.2, 0.25) is 5.89 Å². The molecule has 2 aromatic heterocycles. The Morgan fingerprint density at radius 3 is 3.00 bits per heavy atom. The van der Waals surface area contributed by atoms with Crippen molar-refractivity contribution in [3.05, 3.63) is 71.6 Å². The minimum atomic E-state index is -0.141. The lowest BCUT2D eigenvalue weighted by Gasteiger charge is -2.33. The molecule has 1 saturated heterocycles. The van der Waals surface area contributed by atoms with Crippen LogP contribution in [0.25, 0.3) is 0 Å². The molecule has 0 aliphatic carbocycles. The predicted octanol–water partition coefficient (Wildman–Crippen LogP) is 3.75. The standard InChI is InChI=1S/C21H23N5O2/c1-15-23-21(28-25-15)19-9-2-3-11-26(19)14-16-6-4-7-17(12-16)20(27)24-18-8-5-10-22-13-18/h4-8,10,12-13,19H,2-3,9,11,14H2,1H3,(H,24,27)/t19-/m1/s1. The Morgan fingerprint density at radius 1 is 1.29 bits per heavy atom. The molecule has 1 aromatic carbocycles. The topological polar surface area (TPSA) is 84.2 Å². The number of aromatic nitrogens is 3. The number of pyridine rings is 1. The van der Waals surface area contributed by atoms with Gasteiger partial charge in [-0.25, -0.2) is 0 Å². The highest BCUT2D eigenvalue weighted by Crippen LogP contribution is 2.31. The Bertz CT molecular complexity index is 941. The molecule has 0 unspecified atom stereocenters. The number of nitrogens with zero attached hydrogens (tertiary/aromatic N) is 4. The molecule has 0 spiro atoms. The van der Waals surface area contributed by atoms with Crippen LogP contribution in [0.5, 0.6) is 0 Å². The number of nitrogens with one attached hydrogen (secondary N) is 1. The van der Waals surface area contributed by atoms with Crippen LogP contribution < -0.4 is 5.32 Å². The average Bonchev–Trinajstić information content (AvgIpc) is 3.15. The van der Waals surface area contributed by atoms with Crippen LogP contribution in [0, 0.1) is 6.92 Å². The quantitative estimate of drug-likeness (QED) is 0.729. The summed E-state index contributed by atoms with van der Waals surface area (Å²) in [7, 11) is 0. The number of likely N-dealkylation sites (tertiary alicyclic amines) is 1. The summed E-state index contributed by atoms with van der Waals surface area (Å²) in [5.74, 6) is 1.20. The Balaban J connectivity index is 1.48. The minimum Gasteiger partial charge on any atom is -0.338 e. The molecule has 4 rings (SSSR count). The SMILES string of the molecule is Cc1noc([C@H]2CCCCN2Cc2cccc(C(=O)Nc3cccnc3)c2)n1. The van der Waals surface area contributed by atoms with E-state index in [1.807, 2.05) is 37.3 Å². The summed E-state index contributed by atoms with van der Waals surface area (Å²) in [5, 5.41) is 6.82. The largest absolute Gasteiger partial charge is 0.338 e. The second-order valence-electron chi connectivity index (χ2n) is 7.06. The fourth-order valence-electron chi connectivity index (χ4n) is 3.59. The number of carbonyl (C=O) groups excluding carboxylic acids is 1. The zero-order chi connectivity index (χ0) is 19.3. The van der Waals surface area contributed by atoms with Crippen LogP contribution in [0.15, 0.2) is 53.3 Å². The number of anilines is 1. The maximum absolute atomic E-state index is 12.6. The van der Waals surface area contributed by atoms with Gasteiger partial charge in [-0.2, -0.15) is 4.98 Å². The molecule has 3 heterocycles. The average molecular weight is 377 g/mol. The third-order valence-corrected chi connectivity index (χ3v) is 4.94. The Morgan fingerprint density at radius 2 is 2.21 bits per heavy atom. The van der Waals surface area contributed by atoms with Crippen LogP contribution in [0.2, 0.25) is 0 Å². The van der Waals surface area contributed by atoms with E-state index in [-0.39, 0.29) is 11.9 Å². The highest BCUT2D eigenvalue weighted by molar-refractivity contribution is 6.04. The highest BCUT2D eigenvalue weighted by atomic mass is 16.5. The van der Waals surface area contributed by atoms with Gasteiger partial charge in [-0.05, 0) is 56.1 Å². The fourth-order valence-corrected chi connectivity index (χ4v) is 3.59. The van der Waals surface area contributed by atoms with Crippen LogP contribution in [-0.4, -0.2) is 32.5 Å². The van der Waals surface area contributed by atoms with Gasteiger partial charge < -0.3 is 9.84 Å². The summed E-state index contributed by atoms with van der Waals surface area (Å²) >= 11 is 0. The van der Waals surface area contributed by atoms with Crippen LogP contribution in [-0.2, 0) is 6.54 Å². The summed E-state index contributed by atoms with van der Waals surface area (Å²) in [4.78, 5) is 23.4. The summed E-state index contributed by atoms with van der Waals surface area (Å²) in [6.45, 7) is 3.54. The molecule has 144 valence electrons. The van der Waals surface area contributed by atoms with Crippen molar-refractivity contribution < 1.29 is 9.32 Å². The van der Waals surface area contributed by atoms with Crippen molar-refractivity contribution in [2.45, 2.75) is 38.8 Å². The number of rotatable bonds is 5. The summed E-state index contributed by atoms with van der Waals surface area (Å²) in [6.07, 6.45) is 6.60. The normalized spacial score (nSPS) is 17.4. The Hall–Kier alpha value is -3.06. The van der Waals surface area contributed by atoms with E-state index < -0.39 is 0 Å². The van der Waals surface area contributed by atoms with E-state index in [0.717, 1.165) is 37.9 Å². The molecule has 7 nitrogen and oxygen atoms in total. The smallest absolute Gasteiger partial charge is 0.255 e. The lowest BCUT2D eigenvalue weighted by molar-refractivity contribution is 0.102. The predicted molar refractivity (Wildman–Crippen MR) is 105 cm³/mol. The van der Waals surface area contributed by atoms with Crippen molar-refractivity contribution in [2.24, 2.45) is 0 Å². The molecular formula is C21H23N5O2. The van der Waals surface area contributed by atoms with E-state index in [1.165, 1.54) is 0 Å². The first-order chi connectivity index (χ1) is 13.7. The highest BCUT2D eigenvalue weighted by Gasteiger charge is 2.28. The molecule has 1 aliphatic rings. The molecule has 1 atom stereocenters. The van der Waals surface area contributed by atoms with Crippen molar-refractivity contribution in [2.75, 3.05) is 11.9 Å². The van der Waals surface area contributed by atoms with Crippen molar-refractivity contribution in [3.63, 3.8) is 0 Å².